The van der Waals surface area contributed by atoms with Gasteiger partial charge in [-0.25, -0.2) is 0 Å². The lowest BCUT2D eigenvalue weighted by Crippen LogP contribution is -2.39. The van der Waals surface area contributed by atoms with Crippen molar-refractivity contribution in [1.82, 2.24) is 5.06 Å². The van der Waals surface area contributed by atoms with Gasteiger partial charge in [0.1, 0.15) is 12.0 Å². The number of carbonyl (C=O) groups excluding carboxylic acids is 2. The minimum atomic E-state index is -4.75. The number of halogens is 3. The van der Waals surface area contributed by atoms with E-state index in [0.717, 1.165) is 10.5 Å². The average Bonchev–Trinajstić information content (AvgIpc) is 2.70. The lowest BCUT2D eigenvalue weighted by molar-refractivity contribution is -0.0570. The molecule has 0 atom stereocenters. The van der Waals surface area contributed by atoms with Gasteiger partial charge in [0.15, 0.2) is 0 Å². The number of alkyl halides is 3. The molecule has 1 heterocycles. The van der Waals surface area contributed by atoms with Crippen LogP contribution < -0.4 is 0 Å². The van der Waals surface area contributed by atoms with E-state index in [9.17, 15) is 22.8 Å². The summed E-state index contributed by atoms with van der Waals surface area (Å²) in [5.74, 6) is -1.15. The molecule has 3 aromatic rings. The lowest BCUT2D eigenvalue weighted by Gasteiger charge is -2.25. The van der Waals surface area contributed by atoms with Crippen molar-refractivity contribution < 1.29 is 27.0 Å². The maximum Gasteiger partial charge on any atom is 0.470 e. The van der Waals surface area contributed by atoms with Crippen LogP contribution in [0.3, 0.4) is 0 Å². The molecule has 0 N–H and O–H groups in total. The summed E-state index contributed by atoms with van der Waals surface area (Å²) in [4.78, 5) is 26.1. The average molecular weight is 435 g/mol. The third-order valence-corrected chi connectivity index (χ3v) is 5.83. The third kappa shape index (κ3) is 3.98. The Labute approximate surface area is 172 Å². The van der Waals surface area contributed by atoms with Crippen molar-refractivity contribution in [1.29, 1.82) is 0 Å². The Morgan fingerprint density at radius 2 is 1.55 bits per heavy atom. The van der Waals surface area contributed by atoms with Crippen LogP contribution in [-0.2, 0) is 10.0 Å². The fourth-order valence-electron chi connectivity index (χ4n) is 3.06. The topological polar surface area (TPSA) is 46.6 Å². The molecular formula is C20H12F3NO3S2. The van der Waals surface area contributed by atoms with Crippen LogP contribution in [0.5, 0.6) is 0 Å². The molecule has 29 heavy (non-hydrogen) atoms. The number of carbonyl (C=O) groups is 2. The van der Waals surface area contributed by atoms with Gasteiger partial charge in [0.05, 0.1) is 11.1 Å². The Bertz CT molecular complexity index is 1080. The van der Waals surface area contributed by atoms with Crippen molar-refractivity contribution in [3.05, 3.63) is 77.4 Å². The Balaban J connectivity index is 1.69. The van der Waals surface area contributed by atoms with E-state index in [0.29, 0.717) is 16.5 Å². The number of hydroxylamine groups is 2. The molecule has 4 nitrogen and oxygen atoms in total. The summed E-state index contributed by atoms with van der Waals surface area (Å²) in [7, 11) is 0. The second-order valence-corrected chi connectivity index (χ2v) is 7.92. The normalized spacial score (nSPS) is 14.0. The molecule has 148 valence electrons. The molecule has 4 rings (SSSR count). The summed E-state index contributed by atoms with van der Waals surface area (Å²) in [6.45, 7) is 0. The van der Waals surface area contributed by atoms with Crippen molar-refractivity contribution >= 4 is 46.4 Å². The number of benzene rings is 3. The zero-order chi connectivity index (χ0) is 20.6. The van der Waals surface area contributed by atoms with Crippen LogP contribution in [0.4, 0.5) is 13.2 Å². The summed E-state index contributed by atoms with van der Waals surface area (Å²) >= 11 is 0.652. The van der Waals surface area contributed by atoms with Crippen molar-refractivity contribution in [3.8, 4) is 0 Å². The van der Waals surface area contributed by atoms with Crippen LogP contribution in [0.25, 0.3) is 10.8 Å². The fraction of sp³-hybridized carbons (Fsp3) is 0.100. The van der Waals surface area contributed by atoms with E-state index in [-0.39, 0.29) is 16.2 Å². The number of hydrogen-bond acceptors (Lipinski definition) is 5. The van der Waals surface area contributed by atoms with E-state index in [1.165, 1.54) is 12.1 Å². The smallest absolute Gasteiger partial charge is 0.266 e. The molecule has 1 aliphatic rings. The van der Waals surface area contributed by atoms with Crippen LogP contribution >= 0.6 is 23.8 Å². The third-order valence-electron chi connectivity index (χ3n) is 4.27. The highest BCUT2D eigenvalue weighted by molar-refractivity contribution is 7.98. The van der Waals surface area contributed by atoms with Gasteiger partial charge in [-0.15, -0.1) is 16.8 Å². The summed E-state index contributed by atoms with van der Waals surface area (Å²) in [5, 5.41) is 1.29. The molecule has 9 heteroatoms. The van der Waals surface area contributed by atoms with E-state index in [1.807, 2.05) is 30.3 Å². The zero-order valence-electron chi connectivity index (χ0n) is 14.6. The number of rotatable bonds is 5. The minimum absolute atomic E-state index is 0.127. The summed E-state index contributed by atoms with van der Waals surface area (Å²) in [5.41, 5.74) is -3.37. The molecule has 1 aliphatic heterocycles. The highest BCUT2D eigenvalue weighted by atomic mass is 32.2. The molecular weight excluding hydrogens is 423 g/mol. The van der Waals surface area contributed by atoms with Crippen molar-refractivity contribution in [3.63, 3.8) is 0 Å². The highest BCUT2D eigenvalue weighted by Crippen LogP contribution is 2.39. The standard InChI is InChI=1S/C20H12F3NO3S2/c21-20(22,23)29-27-24-18(25)14-8-4-7-13-16(10-9-15(17(13)14)19(24)26)28-11-12-5-2-1-3-6-12/h1-10H,11H2. The monoisotopic (exact) mass is 435 g/mol. The van der Waals surface area contributed by atoms with Crippen LogP contribution in [0.2, 0.25) is 0 Å². The molecule has 0 bridgehead atoms. The van der Waals surface area contributed by atoms with Gasteiger partial charge in [0, 0.05) is 16.0 Å². The second kappa shape index (κ2) is 7.74. The SMILES string of the molecule is O=C1c2cccc3c(SCc4ccccc4)ccc(c23)C(=O)N1OSC(F)(F)F. The molecule has 3 aromatic carbocycles. The maximum absolute atomic E-state index is 12.6. The predicted octanol–water partition coefficient (Wildman–Crippen LogP) is 5.83. The predicted molar refractivity (Wildman–Crippen MR) is 105 cm³/mol. The quantitative estimate of drug-likeness (QED) is 0.287. The van der Waals surface area contributed by atoms with Crippen molar-refractivity contribution in [2.75, 3.05) is 0 Å². The van der Waals surface area contributed by atoms with Gasteiger partial charge in [-0.1, -0.05) is 42.5 Å². The Morgan fingerprint density at radius 3 is 2.24 bits per heavy atom. The van der Waals surface area contributed by atoms with E-state index in [4.69, 9.17) is 0 Å². The molecule has 0 spiro atoms. The molecule has 0 aliphatic carbocycles. The molecule has 0 saturated carbocycles. The Hall–Kier alpha value is -2.49. The van der Waals surface area contributed by atoms with Crippen LogP contribution in [0.15, 0.2) is 65.6 Å². The molecule has 0 saturated heterocycles. The maximum atomic E-state index is 12.6. The summed E-state index contributed by atoms with van der Waals surface area (Å²) < 4.78 is 41.8. The Kier molecular flexibility index (Phi) is 5.28. The van der Waals surface area contributed by atoms with Crippen molar-refractivity contribution in [2.45, 2.75) is 16.2 Å². The summed E-state index contributed by atoms with van der Waals surface area (Å²) in [6.07, 6.45) is 0. The molecule has 0 unspecified atom stereocenters. The largest absolute Gasteiger partial charge is 0.470 e. The molecule has 2 amide bonds. The van der Waals surface area contributed by atoms with Crippen LogP contribution in [-0.4, -0.2) is 22.4 Å². The van der Waals surface area contributed by atoms with Crippen molar-refractivity contribution in [2.24, 2.45) is 0 Å². The second-order valence-electron chi connectivity index (χ2n) is 6.12. The first-order valence-corrected chi connectivity index (χ1v) is 10.1. The molecule has 0 aromatic heterocycles. The van der Waals surface area contributed by atoms with Gasteiger partial charge in [0.25, 0.3) is 11.8 Å². The van der Waals surface area contributed by atoms with Gasteiger partial charge < -0.3 is 0 Å². The van der Waals surface area contributed by atoms with E-state index in [2.05, 4.69) is 4.28 Å². The lowest BCUT2D eigenvalue weighted by atomic mass is 9.95. The number of nitrogens with zero attached hydrogens (tertiary/aromatic N) is 1. The van der Waals surface area contributed by atoms with Gasteiger partial charge >= 0.3 is 5.51 Å². The minimum Gasteiger partial charge on any atom is -0.266 e. The highest BCUT2D eigenvalue weighted by Gasteiger charge is 2.39. The number of hydrogen-bond donors (Lipinski definition) is 0. The van der Waals surface area contributed by atoms with Gasteiger partial charge in [-0.2, -0.15) is 17.5 Å². The van der Waals surface area contributed by atoms with Gasteiger partial charge in [0.2, 0.25) is 0 Å². The fourth-order valence-corrected chi connectivity index (χ4v) is 4.35. The first kappa shape index (κ1) is 19.8. The molecule has 0 radical (unpaired) electrons. The van der Waals surface area contributed by atoms with E-state index >= 15 is 0 Å². The zero-order valence-corrected chi connectivity index (χ0v) is 16.2. The first-order chi connectivity index (χ1) is 13.8. The number of amides is 2. The number of thioether (sulfide) groups is 1. The first-order valence-electron chi connectivity index (χ1n) is 8.39. The van der Waals surface area contributed by atoms with Crippen LogP contribution in [0.1, 0.15) is 26.3 Å². The number of imide groups is 1. The van der Waals surface area contributed by atoms with Gasteiger partial charge in [-0.3, -0.25) is 9.59 Å². The summed E-state index contributed by atoms with van der Waals surface area (Å²) in [6, 6.07) is 18.0. The molecule has 0 fully saturated rings. The Morgan fingerprint density at radius 1 is 0.862 bits per heavy atom. The van der Waals surface area contributed by atoms with Gasteiger partial charge in [-0.05, 0) is 29.1 Å². The van der Waals surface area contributed by atoms with E-state index in [1.54, 1.807) is 30.0 Å². The van der Waals surface area contributed by atoms with Crippen LogP contribution in [0, 0.1) is 0 Å². The van der Waals surface area contributed by atoms with E-state index < -0.39 is 29.4 Å².